The van der Waals surface area contributed by atoms with Crippen molar-refractivity contribution < 1.29 is 32.3 Å². The van der Waals surface area contributed by atoms with Crippen LogP contribution in [0, 0.1) is 6.67 Å². The minimum absolute atomic E-state index is 0. The average molecular weight is 264 g/mol. The zero-order chi connectivity index (χ0) is 8.85. The molecule has 0 saturated heterocycles. The van der Waals surface area contributed by atoms with Gasteiger partial charge in [0.2, 0.25) is 0 Å². The van der Waals surface area contributed by atoms with Gasteiger partial charge in [-0.15, -0.1) is 0 Å². The van der Waals surface area contributed by atoms with E-state index in [0.717, 1.165) is 6.92 Å². The van der Waals surface area contributed by atoms with Crippen LogP contribution in [0.2, 0.25) is 0 Å². The van der Waals surface area contributed by atoms with E-state index in [0.29, 0.717) is 0 Å². The maximum Gasteiger partial charge on any atom is 1.00 e. The Balaban J connectivity index is 0. The molecule has 1 heterocycles. The maximum atomic E-state index is 8.89. The van der Waals surface area contributed by atoms with Crippen molar-refractivity contribution in [2.24, 2.45) is 0 Å². The summed E-state index contributed by atoms with van der Waals surface area (Å²) >= 11 is 0. The van der Waals surface area contributed by atoms with Gasteiger partial charge >= 0.3 is 22.4 Å². The Bertz CT molecular complexity index is 147. The molecule has 0 atom stereocenters. The first kappa shape index (κ1) is 14.1. The summed E-state index contributed by atoms with van der Waals surface area (Å²) in [6, 6.07) is 0. The Morgan fingerprint density at radius 2 is 1.58 bits per heavy atom. The Morgan fingerprint density at radius 3 is 1.67 bits per heavy atom. The Morgan fingerprint density at radius 1 is 1.33 bits per heavy atom. The summed E-state index contributed by atoms with van der Waals surface area (Å²) < 4.78 is 0. The van der Waals surface area contributed by atoms with Crippen molar-refractivity contribution in [2.75, 3.05) is 14.1 Å². The molecule has 0 aromatic carbocycles. The molecule has 74 valence electrons. The van der Waals surface area contributed by atoms with Gasteiger partial charge in [-0.2, -0.15) is 6.67 Å². The zero-order valence-corrected chi connectivity index (χ0v) is 8.73. The molecule has 0 aliphatic carbocycles. The second-order valence-corrected chi connectivity index (χ2v) is 2.24. The van der Waals surface area contributed by atoms with E-state index in [4.69, 9.17) is 9.90 Å². The Hall–Kier alpha value is -0.450. The molecular formula is C7H12AgN2O2-. The van der Waals surface area contributed by atoms with E-state index in [2.05, 4.69) is 0 Å². The van der Waals surface area contributed by atoms with Gasteiger partial charge in [-0.1, -0.05) is 0 Å². The van der Waals surface area contributed by atoms with E-state index >= 15 is 0 Å². The van der Waals surface area contributed by atoms with Crippen LogP contribution in [-0.4, -0.2) is 29.9 Å². The van der Waals surface area contributed by atoms with Crippen molar-refractivity contribution in [3.05, 3.63) is 19.1 Å². The van der Waals surface area contributed by atoms with Crippen LogP contribution >= 0.6 is 0 Å². The first-order valence-corrected chi connectivity index (χ1v) is 3.17. The fraction of sp³-hybridized carbons (Fsp3) is 0.429. The third-order valence-corrected chi connectivity index (χ3v) is 0.901. The van der Waals surface area contributed by atoms with Crippen molar-refractivity contribution in [3.63, 3.8) is 0 Å². The third-order valence-electron chi connectivity index (χ3n) is 0.901. The smallest absolute Gasteiger partial charge is 0.550 e. The molecule has 1 rings (SSSR count). The largest absolute Gasteiger partial charge is 1.00 e. The van der Waals surface area contributed by atoms with E-state index in [-0.39, 0.29) is 22.4 Å². The van der Waals surface area contributed by atoms with E-state index in [1.807, 2.05) is 43.0 Å². The predicted molar refractivity (Wildman–Crippen MR) is 39.6 cm³/mol. The summed E-state index contributed by atoms with van der Waals surface area (Å²) in [5.41, 5.74) is 0. The van der Waals surface area contributed by atoms with Crippen LogP contribution in [0.1, 0.15) is 6.92 Å². The molecule has 4 nitrogen and oxygen atoms in total. The number of carbonyl (C=O) groups excluding carboxylic acids is 1. The minimum atomic E-state index is -1.08. The summed E-state index contributed by atoms with van der Waals surface area (Å²) in [7, 11) is 4.00. The van der Waals surface area contributed by atoms with Gasteiger partial charge in [0.25, 0.3) is 0 Å². The molecule has 0 spiro atoms. The van der Waals surface area contributed by atoms with Gasteiger partial charge in [0.05, 0.1) is 0 Å². The van der Waals surface area contributed by atoms with Crippen LogP contribution in [0.5, 0.6) is 0 Å². The van der Waals surface area contributed by atoms with Gasteiger partial charge in [-0.3, -0.25) is 0 Å². The van der Waals surface area contributed by atoms with Crippen LogP contribution in [0.15, 0.2) is 12.4 Å². The zero-order valence-electron chi connectivity index (χ0n) is 7.24. The van der Waals surface area contributed by atoms with Gasteiger partial charge < -0.3 is 19.7 Å². The van der Waals surface area contributed by atoms with Crippen molar-refractivity contribution in [1.82, 2.24) is 9.80 Å². The van der Waals surface area contributed by atoms with Crippen LogP contribution in [0.3, 0.4) is 0 Å². The topological polar surface area (TPSA) is 46.6 Å². The van der Waals surface area contributed by atoms with Crippen molar-refractivity contribution >= 4 is 5.97 Å². The van der Waals surface area contributed by atoms with Gasteiger partial charge in [0, 0.05) is 5.97 Å². The second-order valence-electron chi connectivity index (χ2n) is 2.24. The van der Waals surface area contributed by atoms with Gasteiger partial charge in [0.1, 0.15) is 0 Å². The number of carboxylic acids is 1. The number of rotatable bonds is 0. The second kappa shape index (κ2) is 7.21. The van der Waals surface area contributed by atoms with Gasteiger partial charge in [-0.25, -0.2) is 0 Å². The number of carbonyl (C=O) groups is 1. The monoisotopic (exact) mass is 263 g/mol. The predicted octanol–water partition coefficient (Wildman–Crippen LogP) is -0.792. The normalized spacial score (nSPS) is 13.2. The fourth-order valence-electron chi connectivity index (χ4n) is 0.575. The standard InChI is InChI=1S/C5H9N2.C2H4O2.Ag/c1-6-3-4-7(2)5-6;1-2(3)4;/h3-5H,1-2H3;1H3,(H,3,4);/q-1;;+1/p-1. The summed E-state index contributed by atoms with van der Waals surface area (Å²) in [5.74, 6) is -1.08. The van der Waals surface area contributed by atoms with E-state index < -0.39 is 5.97 Å². The molecule has 12 heavy (non-hydrogen) atoms. The molecule has 5 heteroatoms. The summed E-state index contributed by atoms with van der Waals surface area (Å²) in [6.07, 6.45) is 4.00. The van der Waals surface area contributed by atoms with Gasteiger partial charge in [-0.05, 0) is 33.4 Å². The van der Waals surface area contributed by atoms with Crippen LogP contribution in [0.25, 0.3) is 0 Å². The van der Waals surface area contributed by atoms with Crippen molar-refractivity contribution in [3.8, 4) is 0 Å². The Kier molecular flexibility index (Phi) is 8.47. The summed E-state index contributed by atoms with van der Waals surface area (Å²) in [6.45, 7) is 2.97. The molecule has 0 radical (unpaired) electrons. The molecule has 0 unspecified atom stereocenters. The first-order chi connectivity index (χ1) is 5.02. The molecule has 0 aromatic heterocycles. The fourth-order valence-corrected chi connectivity index (χ4v) is 0.575. The minimum Gasteiger partial charge on any atom is -0.550 e. The quantitative estimate of drug-likeness (QED) is 0.425. The SMILES string of the molecule is CC(=O)[O-].CN1C=CN(C)[CH-]1.[Ag+]. The molecule has 1 aliphatic rings. The maximum absolute atomic E-state index is 8.89. The summed E-state index contributed by atoms with van der Waals surface area (Å²) in [5, 5.41) is 8.89. The molecular weight excluding hydrogens is 252 g/mol. The third kappa shape index (κ3) is 9.55. The van der Waals surface area contributed by atoms with Crippen molar-refractivity contribution in [1.29, 1.82) is 0 Å². The molecule has 1 aliphatic heterocycles. The average Bonchev–Trinajstić information content (AvgIpc) is 2.13. The van der Waals surface area contributed by atoms with Crippen LogP contribution < -0.4 is 5.11 Å². The van der Waals surface area contributed by atoms with Crippen molar-refractivity contribution in [2.45, 2.75) is 6.92 Å². The molecule has 0 aromatic rings. The van der Waals surface area contributed by atoms with E-state index in [1.54, 1.807) is 0 Å². The number of carboxylic acid groups (broad SMARTS) is 1. The van der Waals surface area contributed by atoms with Gasteiger partial charge in [0.15, 0.2) is 0 Å². The van der Waals surface area contributed by atoms with E-state index in [9.17, 15) is 0 Å². The molecule has 0 bridgehead atoms. The summed E-state index contributed by atoms with van der Waals surface area (Å²) in [4.78, 5) is 12.9. The number of nitrogens with zero attached hydrogens (tertiary/aromatic N) is 2. The Labute approximate surface area is 88.3 Å². The number of hydrogen-bond acceptors (Lipinski definition) is 4. The molecule has 0 amide bonds. The molecule has 0 fully saturated rings. The number of hydrogen-bond donors (Lipinski definition) is 0. The first-order valence-electron chi connectivity index (χ1n) is 3.17. The molecule has 0 N–H and O–H groups in total. The number of aliphatic carboxylic acids is 1. The van der Waals surface area contributed by atoms with Crippen LogP contribution in [-0.2, 0) is 27.2 Å². The van der Waals surface area contributed by atoms with Crippen LogP contribution in [0.4, 0.5) is 0 Å². The molecule has 0 saturated carbocycles. The van der Waals surface area contributed by atoms with E-state index in [1.165, 1.54) is 0 Å².